The van der Waals surface area contributed by atoms with Crippen molar-refractivity contribution in [3.8, 4) is 0 Å². The number of nitrogens with one attached hydrogen (secondary N) is 1. The van der Waals surface area contributed by atoms with Crippen molar-refractivity contribution < 1.29 is 9.53 Å². The van der Waals surface area contributed by atoms with Crippen molar-refractivity contribution in [3.63, 3.8) is 0 Å². The van der Waals surface area contributed by atoms with Crippen LogP contribution in [0.25, 0.3) is 0 Å². The molecule has 0 aliphatic carbocycles. The number of primary amides is 1. The Morgan fingerprint density at radius 1 is 1.58 bits per heavy atom. The largest absolute Gasteiger partial charge is 0.379 e. The standard InChI is InChI=1S/C7H13N3O2/c8-7(11)10-1-5-2-12-3-6(5)9-4-10/h5-6,9H,1-4H2,(H2,8,11). The van der Waals surface area contributed by atoms with E-state index in [0.717, 1.165) is 19.8 Å². The zero-order valence-electron chi connectivity index (χ0n) is 6.82. The van der Waals surface area contributed by atoms with Crippen LogP contribution < -0.4 is 11.1 Å². The molecule has 0 saturated carbocycles. The van der Waals surface area contributed by atoms with Crippen molar-refractivity contribution in [2.75, 3.05) is 26.4 Å². The maximum absolute atomic E-state index is 10.8. The lowest BCUT2D eigenvalue weighted by atomic mass is 10.0. The molecule has 0 aromatic carbocycles. The van der Waals surface area contributed by atoms with E-state index in [0.29, 0.717) is 18.6 Å². The zero-order valence-corrected chi connectivity index (χ0v) is 6.82. The zero-order chi connectivity index (χ0) is 8.55. The molecule has 5 heteroatoms. The molecule has 0 aromatic heterocycles. The van der Waals surface area contributed by atoms with Crippen molar-refractivity contribution in [3.05, 3.63) is 0 Å². The SMILES string of the molecule is NC(=O)N1CNC2COCC2C1. The maximum Gasteiger partial charge on any atom is 0.315 e. The summed E-state index contributed by atoms with van der Waals surface area (Å²) in [4.78, 5) is 12.4. The normalized spacial score (nSPS) is 34.8. The van der Waals surface area contributed by atoms with Crippen molar-refractivity contribution in [2.24, 2.45) is 11.7 Å². The summed E-state index contributed by atoms with van der Waals surface area (Å²) in [5.74, 6) is 0.422. The quantitative estimate of drug-likeness (QED) is 0.488. The molecular formula is C7H13N3O2. The molecule has 2 aliphatic rings. The van der Waals surface area contributed by atoms with Crippen LogP contribution in [-0.4, -0.2) is 43.4 Å². The number of hydrogen-bond donors (Lipinski definition) is 2. The van der Waals surface area contributed by atoms with Crippen LogP contribution >= 0.6 is 0 Å². The third-order valence-corrected chi connectivity index (χ3v) is 2.51. The Kier molecular flexibility index (Phi) is 1.90. The first-order valence-corrected chi connectivity index (χ1v) is 4.13. The minimum atomic E-state index is -0.354. The van der Waals surface area contributed by atoms with Gasteiger partial charge < -0.3 is 15.4 Å². The van der Waals surface area contributed by atoms with Gasteiger partial charge in [-0.25, -0.2) is 4.79 Å². The number of nitrogens with zero attached hydrogens (tertiary/aromatic N) is 1. The summed E-state index contributed by atoms with van der Waals surface area (Å²) in [7, 11) is 0. The Morgan fingerprint density at radius 3 is 3.17 bits per heavy atom. The summed E-state index contributed by atoms with van der Waals surface area (Å²) in [6.45, 7) is 2.78. The lowest BCUT2D eigenvalue weighted by Crippen LogP contribution is -2.56. The van der Waals surface area contributed by atoms with E-state index >= 15 is 0 Å². The van der Waals surface area contributed by atoms with Crippen molar-refractivity contribution in [1.82, 2.24) is 10.2 Å². The molecule has 0 aromatic rings. The summed E-state index contributed by atoms with van der Waals surface area (Å²) < 4.78 is 5.28. The lowest BCUT2D eigenvalue weighted by molar-refractivity contribution is 0.156. The van der Waals surface area contributed by atoms with Gasteiger partial charge in [0.25, 0.3) is 0 Å². The van der Waals surface area contributed by atoms with Gasteiger partial charge in [-0.3, -0.25) is 5.32 Å². The van der Waals surface area contributed by atoms with Crippen LogP contribution in [0.1, 0.15) is 0 Å². The summed E-state index contributed by atoms with van der Waals surface area (Å²) in [5, 5.41) is 3.21. The number of amides is 2. The first kappa shape index (κ1) is 7.82. The summed E-state index contributed by atoms with van der Waals surface area (Å²) in [6, 6.07) is 0.0634. The molecule has 0 bridgehead atoms. The van der Waals surface area contributed by atoms with Crippen LogP contribution in [0.2, 0.25) is 0 Å². The second-order valence-corrected chi connectivity index (χ2v) is 3.33. The van der Waals surface area contributed by atoms with Gasteiger partial charge in [-0.1, -0.05) is 0 Å². The number of hydrogen-bond acceptors (Lipinski definition) is 3. The molecule has 0 radical (unpaired) electrons. The molecule has 2 heterocycles. The van der Waals surface area contributed by atoms with Crippen LogP contribution in [0.3, 0.4) is 0 Å². The average molecular weight is 171 g/mol. The molecular weight excluding hydrogens is 158 g/mol. The fraction of sp³-hybridized carbons (Fsp3) is 0.857. The number of urea groups is 1. The highest BCUT2D eigenvalue weighted by Crippen LogP contribution is 2.18. The maximum atomic E-state index is 10.8. The molecule has 2 saturated heterocycles. The van der Waals surface area contributed by atoms with E-state index in [-0.39, 0.29) is 6.03 Å². The van der Waals surface area contributed by atoms with E-state index in [1.165, 1.54) is 0 Å². The molecule has 2 unspecified atom stereocenters. The number of ether oxygens (including phenoxy) is 1. The molecule has 68 valence electrons. The number of rotatable bonds is 0. The summed E-state index contributed by atoms with van der Waals surface area (Å²) in [6.07, 6.45) is 0. The Hall–Kier alpha value is -0.810. The van der Waals surface area contributed by atoms with Crippen LogP contribution in [0.4, 0.5) is 4.79 Å². The van der Waals surface area contributed by atoms with Crippen LogP contribution in [0.15, 0.2) is 0 Å². The number of carbonyl (C=O) groups is 1. The van der Waals surface area contributed by atoms with E-state index < -0.39 is 0 Å². The predicted octanol–water partition coefficient (Wildman–Crippen LogP) is -1.06. The fourth-order valence-corrected chi connectivity index (χ4v) is 1.75. The Morgan fingerprint density at radius 2 is 2.42 bits per heavy atom. The molecule has 2 rings (SSSR count). The van der Waals surface area contributed by atoms with Crippen LogP contribution in [-0.2, 0) is 4.74 Å². The second-order valence-electron chi connectivity index (χ2n) is 3.33. The van der Waals surface area contributed by atoms with E-state index in [9.17, 15) is 4.79 Å². The average Bonchev–Trinajstić information content (AvgIpc) is 2.49. The molecule has 5 nitrogen and oxygen atoms in total. The molecule has 12 heavy (non-hydrogen) atoms. The van der Waals surface area contributed by atoms with Crippen LogP contribution in [0.5, 0.6) is 0 Å². The van der Waals surface area contributed by atoms with Gasteiger partial charge >= 0.3 is 6.03 Å². The molecule has 3 N–H and O–H groups in total. The van der Waals surface area contributed by atoms with Crippen LogP contribution in [0, 0.1) is 5.92 Å². The number of nitrogens with two attached hydrogens (primary N) is 1. The molecule has 0 spiro atoms. The van der Waals surface area contributed by atoms with Gasteiger partial charge in [0.1, 0.15) is 0 Å². The van der Waals surface area contributed by atoms with Gasteiger partial charge in [0.2, 0.25) is 0 Å². The third kappa shape index (κ3) is 1.25. The minimum Gasteiger partial charge on any atom is -0.379 e. The topological polar surface area (TPSA) is 67.6 Å². The summed E-state index contributed by atoms with van der Waals surface area (Å²) in [5.41, 5.74) is 5.16. The van der Waals surface area contributed by atoms with E-state index in [2.05, 4.69) is 5.32 Å². The summed E-state index contributed by atoms with van der Waals surface area (Å²) >= 11 is 0. The first-order valence-electron chi connectivity index (χ1n) is 4.13. The van der Waals surface area contributed by atoms with Gasteiger partial charge in [-0.2, -0.15) is 0 Å². The highest BCUT2D eigenvalue weighted by atomic mass is 16.5. The van der Waals surface area contributed by atoms with Gasteiger partial charge in [-0.05, 0) is 0 Å². The van der Waals surface area contributed by atoms with Gasteiger partial charge in [0.05, 0.1) is 19.9 Å². The molecule has 2 fully saturated rings. The Labute approximate surface area is 70.8 Å². The molecule has 2 atom stereocenters. The van der Waals surface area contributed by atoms with Crippen molar-refractivity contribution in [1.29, 1.82) is 0 Å². The van der Waals surface area contributed by atoms with Gasteiger partial charge in [0.15, 0.2) is 0 Å². The predicted molar refractivity (Wildman–Crippen MR) is 42.4 cm³/mol. The third-order valence-electron chi connectivity index (χ3n) is 2.51. The van der Waals surface area contributed by atoms with E-state index in [1.807, 2.05) is 0 Å². The Balaban J connectivity index is 1.96. The monoisotopic (exact) mass is 171 g/mol. The first-order chi connectivity index (χ1) is 5.77. The van der Waals surface area contributed by atoms with Crippen molar-refractivity contribution in [2.45, 2.75) is 6.04 Å². The second kappa shape index (κ2) is 2.91. The fourth-order valence-electron chi connectivity index (χ4n) is 1.75. The smallest absolute Gasteiger partial charge is 0.315 e. The molecule has 2 amide bonds. The van der Waals surface area contributed by atoms with Crippen molar-refractivity contribution >= 4 is 6.03 Å². The highest BCUT2D eigenvalue weighted by Gasteiger charge is 2.34. The lowest BCUT2D eigenvalue weighted by Gasteiger charge is -2.33. The van der Waals surface area contributed by atoms with Gasteiger partial charge in [0, 0.05) is 18.5 Å². The molecule has 2 aliphatic heterocycles. The Bertz CT molecular complexity index is 197. The minimum absolute atomic E-state index is 0.354. The van der Waals surface area contributed by atoms with Gasteiger partial charge in [-0.15, -0.1) is 0 Å². The highest BCUT2D eigenvalue weighted by molar-refractivity contribution is 5.72. The van der Waals surface area contributed by atoms with E-state index in [4.69, 9.17) is 10.5 Å². The number of fused-ring (bicyclic) bond motifs is 1. The number of carbonyl (C=O) groups excluding carboxylic acids is 1. The van der Waals surface area contributed by atoms with E-state index in [1.54, 1.807) is 4.90 Å².